The summed E-state index contributed by atoms with van der Waals surface area (Å²) in [4.78, 5) is 25.5. The Kier molecular flexibility index (Phi) is 40.6. The van der Waals surface area contributed by atoms with Gasteiger partial charge in [0.15, 0.2) is 25.4 Å². The Bertz CT molecular complexity index is 476. The molecule has 0 bridgehead atoms. The zero-order valence-corrected chi connectivity index (χ0v) is 22.0. The van der Waals surface area contributed by atoms with Crippen molar-refractivity contribution in [2.45, 2.75) is 47.0 Å². The summed E-state index contributed by atoms with van der Waals surface area (Å²) < 4.78 is 0. The first-order valence-electron chi connectivity index (χ1n) is 11.6. The largest absolute Gasteiger partial charge is 0.396 e. The molecule has 0 aromatic rings. The molecule has 0 aliphatic rings. The number of hydrogen-bond acceptors (Lipinski definition) is 11. The van der Waals surface area contributed by atoms with Gasteiger partial charge in [-0.1, -0.05) is 21.3 Å². The van der Waals surface area contributed by atoms with Crippen molar-refractivity contribution >= 4 is 11.9 Å². The van der Waals surface area contributed by atoms with Crippen LogP contribution >= 0.6 is 0 Å². The molecule has 0 rings (SSSR count). The van der Waals surface area contributed by atoms with E-state index < -0.39 is 0 Å². The lowest BCUT2D eigenvalue weighted by molar-refractivity contribution is -0.270. The third-order valence-corrected chi connectivity index (χ3v) is 4.12. The van der Waals surface area contributed by atoms with Crippen LogP contribution in [0, 0.1) is 11.8 Å². The van der Waals surface area contributed by atoms with Crippen LogP contribution in [0.4, 0.5) is 0 Å². The Labute approximate surface area is 217 Å². The van der Waals surface area contributed by atoms with E-state index in [0.717, 1.165) is 45.3 Å². The van der Waals surface area contributed by atoms with Crippen LogP contribution in [0.15, 0.2) is 9.98 Å². The third-order valence-electron chi connectivity index (χ3n) is 4.12. The average Bonchev–Trinajstić information content (AvgIpc) is 2.84. The molecule has 0 saturated heterocycles. The molecule has 15 nitrogen and oxygen atoms in total. The number of nitrogens with two attached hydrogens (primary N) is 5. The highest BCUT2D eigenvalue weighted by Crippen LogP contribution is 2.03. The standard InChI is InChI=1S/C10H25N5O2.C9H21N3O3.CH6N2.CH4/c1-9(6-13-7-11)4-3-5-14-10(12)15-8-17-16-2;1-8(6-13)4-3-5-11-9(10)12-7-15-14-2;2-1-3;/h9,13H,3-8,11H2,1-2H3,(H3,12,14,15);8,13H,3-7H2,1-2H3,(H3,10,11,12);1-3H2;1H4. The highest BCUT2D eigenvalue weighted by Gasteiger charge is 2.01. The van der Waals surface area contributed by atoms with E-state index in [9.17, 15) is 0 Å². The molecule has 0 saturated carbocycles. The SMILES string of the molecule is C.COOCN=C(N)NCCCC(C)CNCN.COOCN=C(N)NCCCC(C)CO.NCN. The lowest BCUT2D eigenvalue weighted by Crippen LogP contribution is -2.33. The molecule has 0 fully saturated rings. The van der Waals surface area contributed by atoms with Crippen LogP contribution in [0.1, 0.15) is 47.0 Å². The maximum absolute atomic E-state index is 8.79. The molecule has 0 spiro atoms. The van der Waals surface area contributed by atoms with Crippen LogP contribution in [-0.4, -0.2) is 84.3 Å². The van der Waals surface area contributed by atoms with E-state index in [1.54, 1.807) is 0 Å². The lowest BCUT2D eigenvalue weighted by Gasteiger charge is -2.11. The van der Waals surface area contributed by atoms with Gasteiger partial charge in [-0.25, -0.2) is 29.5 Å². The maximum atomic E-state index is 8.79. The van der Waals surface area contributed by atoms with Crippen molar-refractivity contribution < 1.29 is 24.7 Å². The summed E-state index contributed by atoms with van der Waals surface area (Å²) in [7, 11) is 2.84. The number of aliphatic hydroxyl groups is 1. The molecular weight excluding hydrogens is 472 g/mol. The van der Waals surface area contributed by atoms with E-state index in [1.807, 2.05) is 6.92 Å². The Morgan fingerprint density at radius 1 is 0.833 bits per heavy atom. The first-order valence-corrected chi connectivity index (χ1v) is 11.6. The summed E-state index contributed by atoms with van der Waals surface area (Å²) in [5, 5.41) is 17.8. The van der Waals surface area contributed by atoms with E-state index >= 15 is 0 Å². The van der Waals surface area contributed by atoms with E-state index in [4.69, 9.17) is 22.3 Å². The van der Waals surface area contributed by atoms with Gasteiger partial charge in [0.2, 0.25) is 0 Å². The minimum Gasteiger partial charge on any atom is -0.396 e. The van der Waals surface area contributed by atoms with Crippen molar-refractivity contribution in [3.63, 3.8) is 0 Å². The molecule has 0 aliphatic heterocycles. The number of nitrogens with zero attached hydrogens (tertiary/aromatic N) is 2. The number of hydrogen-bond donors (Lipinski definition) is 9. The predicted octanol–water partition coefficient (Wildman–Crippen LogP) is -1.32. The van der Waals surface area contributed by atoms with Crippen LogP contribution in [0.25, 0.3) is 0 Å². The Morgan fingerprint density at radius 3 is 1.61 bits per heavy atom. The highest BCUT2D eigenvalue weighted by molar-refractivity contribution is 5.77. The van der Waals surface area contributed by atoms with Crippen molar-refractivity contribution in [1.29, 1.82) is 0 Å². The van der Waals surface area contributed by atoms with Crippen LogP contribution in [0.3, 0.4) is 0 Å². The molecule has 0 aliphatic carbocycles. The van der Waals surface area contributed by atoms with E-state index in [1.165, 1.54) is 14.2 Å². The average molecular weight is 529 g/mol. The van der Waals surface area contributed by atoms with Crippen LogP contribution in [0.2, 0.25) is 0 Å². The van der Waals surface area contributed by atoms with Crippen molar-refractivity contribution in [2.75, 3.05) is 67.3 Å². The van der Waals surface area contributed by atoms with Gasteiger partial charge in [-0.15, -0.1) is 0 Å². The van der Waals surface area contributed by atoms with Crippen LogP contribution in [-0.2, 0) is 19.6 Å². The molecule has 14 N–H and O–H groups in total. The van der Waals surface area contributed by atoms with Crippen LogP contribution < -0.4 is 44.6 Å². The number of aliphatic hydroxyl groups excluding tert-OH is 1. The summed E-state index contributed by atoms with van der Waals surface area (Å²) in [6.45, 7) is 7.88. The summed E-state index contributed by atoms with van der Waals surface area (Å²) in [5.74, 6) is 1.65. The van der Waals surface area contributed by atoms with E-state index in [0.29, 0.717) is 30.4 Å². The monoisotopic (exact) mass is 528 g/mol. The van der Waals surface area contributed by atoms with Gasteiger partial charge in [-0.05, 0) is 44.1 Å². The van der Waals surface area contributed by atoms with E-state index in [2.05, 4.69) is 63.9 Å². The second kappa shape index (κ2) is 35.3. The van der Waals surface area contributed by atoms with Gasteiger partial charge < -0.3 is 49.7 Å². The van der Waals surface area contributed by atoms with Crippen molar-refractivity contribution in [3.05, 3.63) is 0 Å². The second-order valence-electron chi connectivity index (χ2n) is 7.34. The molecule has 15 heteroatoms. The normalized spacial score (nSPS) is 12.8. The fourth-order valence-corrected chi connectivity index (χ4v) is 2.27. The molecule has 0 heterocycles. The first kappa shape index (κ1) is 41.3. The summed E-state index contributed by atoms with van der Waals surface area (Å²) in [5.41, 5.74) is 25.7. The Balaban J connectivity index is -0.000000251. The fraction of sp³-hybridized carbons (Fsp3) is 0.905. The van der Waals surface area contributed by atoms with Gasteiger partial charge in [-0.3, -0.25) is 0 Å². The minimum atomic E-state index is 0. The van der Waals surface area contributed by atoms with Crippen molar-refractivity contribution in [3.8, 4) is 0 Å². The second-order valence-corrected chi connectivity index (χ2v) is 7.34. The molecule has 2 atom stereocenters. The molecule has 0 aromatic heterocycles. The third kappa shape index (κ3) is 39.4. The zero-order chi connectivity index (χ0) is 27.2. The van der Waals surface area contributed by atoms with Crippen molar-refractivity contribution in [2.24, 2.45) is 50.5 Å². The fourth-order valence-electron chi connectivity index (χ4n) is 2.27. The topological polar surface area (TPSA) is 248 Å². The number of aliphatic imine (C=N–C) groups is 2. The smallest absolute Gasteiger partial charge is 0.191 e. The highest BCUT2D eigenvalue weighted by atomic mass is 17.2. The quantitative estimate of drug-likeness (QED) is 0.0250. The van der Waals surface area contributed by atoms with Gasteiger partial charge in [-0.2, -0.15) is 0 Å². The first-order chi connectivity index (χ1) is 16.8. The van der Waals surface area contributed by atoms with Gasteiger partial charge in [0, 0.05) is 33.0 Å². The minimum absolute atomic E-state index is 0. The maximum Gasteiger partial charge on any atom is 0.191 e. The Hall–Kier alpha value is -1.82. The molecule has 36 heavy (non-hydrogen) atoms. The summed E-state index contributed by atoms with van der Waals surface area (Å²) >= 11 is 0. The van der Waals surface area contributed by atoms with Gasteiger partial charge in [0.1, 0.15) is 0 Å². The molecule has 220 valence electrons. The molecular formula is C21H56N10O5. The summed E-state index contributed by atoms with van der Waals surface area (Å²) in [6, 6.07) is 0. The molecule has 0 aromatic carbocycles. The van der Waals surface area contributed by atoms with Gasteiger partial charge >= 0.3 is 0 Å². The predicted molar refractivity (Wildman–Crippen MR) is 146 cm³/mol. The summed E-state index contributed by atoms with van der Waals surface area (Å²) in [6.07, 6.45) is 4.06. The lowest BCUT2D eigenvalue weighted by atomic mass is 10.1. The molecule has 2 unspecified atom stereocenters. The Morgan fingerprint density at radius 2 is 1.25 bits per heavy atom. The van der Waals surface area contributed by atoms with Gasteiger partial charge in [0.05, 0.1) is 14.2 Å². The number of rotatable bonds is 18. The molecule has 0 amide bonds. The zero-order valence-electron chi connectivity index (χ0n) is 22.0. The number of guanidine groups is 2. The van der Waals surface area contributed by atoms with Gasteiger partial charge in [0.25, 0.3) is 0 Å². The van der Waals surface area contributed by atoms with E-state index in [-0.39, 0.29) is 34.2 Å². The molecule has 0 radical (unpaired) electrons. The van der Waals surface area contributed by atoms with Crippen LogP contribution in [0.5, 0.6) is 0 Å². The number of nitrogens with one attached hydrogen (secondary N) is 3. The van der Waals surface area contributed by atoms with Crippen molar-refractivity contribution in [1.82, 2.24) is 16.0 Å².